The molecule has 0 unspecified atom stereocenters. The molecule has 1 N–H and O–H groups in total. The highest BCUT2D eigenvalue weighted by atomic mass is 32.1. The fourth-order valence-electron chi connectivity index (χ4n) is 3.68. The minimum absolute atomic E-state index is 0.193. The number of carbonyl (C=O) groups is 2. The number of nitrogens with zero attached hydrogens (tertiary/aromatic N) is 2. The number of aromatic amines is 1. The summed E-state index contributed by atoms with van der Waals surface area (Å²) in [6.07, 6.45) is 1.34. The minimum Gasteiger partial charge on any atom is -0.434 e. The lowest BCUT2D eigenvalue weighted by Crippen LogP contribution is -2.28. The van der Waals surface area contributed by atoms with Crippen molar-refractivity contribution in [1.29, 1.82) is 0 Å². The Balaban J connectivity index is 1.50. The predicted molar refractivity (Wildman–Crippen MR) is 125 cm³/mol. The third-order valence-corrected chi connectivity index (χ3v) is 6.99. The molecule has 7 nitrogen and oxygen atoms in total. The highest BCUT2D eigenvalue weighted by Gasteiger charge is 2.27. The van der Waals surface area contributed by atoms with Gasteiger partial charge in [0.25, 0.3) is 5.91 Å². The van der Waals surface area contributed by atoms with Gasteiger partial charge in [-0.15, -0.1) is 22.7 Å². The number of carbonyl (C=O) groups excluding carboxylic acids is 2. The lowest BCUT2D eigenvalue weighted by atomic mass is 10.1. The molecule has 1 aliphatic heterocycles. The van der Waals surface area contributed by atoms with E-state index in [9.17, 15) is 9.59 Å². The second-order valence-corrected chi connectivity index (χ2v) is 8.87. The average molecular weight is 466 g/mol. The molecule has 32 heavy (non-hydrogen) atoms. The van der Waals surface area contributed by atoms with E-state index in [4.69, 9.17) is 9.47 Å². The summed E-state index contributed by atoms with van der Waals surface area (Å²) in [6, 6.07) is 11.8. The van der Waals surface area contributed by atoms with Crippen LogP contribution in [0.3, 0.4) is 0 Å². The summed E-state index contributed by atoms with van der Waals surface area (Å²) in [5.74, 6) is -0.00214. The quantitative estimate of drug-likeness (QED) is 0.401. The molecule has 1 aromatic carbocycles. The van der Waals surface area contributed by atoms with Crippen LogP contribution < -0.4 is 0 Å². The molecule has 0 radical (unpaired) electrons. The first-order valence-corrected chi connectivity index (χ1v) is 11.9. The van der Waals surface area contributed by atoms with Gasteiger partial charge in [0.2, 0.25) is 0 Å². The van der Waals surface area contributed by atoms with Crippen molar-refractivity contribution in [3.63, 3.8) is 0 Å². The maximum absolute atomic E-state index is 13.3. The van der Waals surface area contributed by atoms with E-state index in [1.807, 2.05) is 41.8 Å². The van der Waals surface area contributed by atoms with Gasteiger partial charge in [0.05, 0.1) is 23.4 Å². The number of benzene rings is 1. The van der Waals surface area contributed by atoms with Gasteiger partial charge in [-0.3, -0.25) is 4.79 Å². The van der Waals surface area contributed by atoms with Crippen molar-refractivity contribution in [2.24, 2.45) is 0 Å². The Labute approximate surface area is 191 Å². The Kier molecular flexibility index (Phi) is 5.50. The Morgan fingerprint density at radius 1 is 1.19 bits per heavy atom. The molecule has 0 atom stereocenters. The van der Waals surface area contributed by atoms with Crippen LogP contribution in [-0.4, -0.2) is 40.1 Å². The molecule has 4 aromatic rings. The molecule has 1 aliphatic rings. The highest BCUT2D eigenvalue weighted by molar-refractivity contribution is 7.20. The van der Waals surface area contributed by atoms with Gasteiger partial charge in [-0.1, -0.05) is 24.3 Å². The van der Waals surface area contributed by atoms with Crippen molar-refractivity contribution in [2.75, 3.05) is 13.2 Å². The van der Waals surface area contributed by atoms with E-state index >= 15 is 0 Å². The first-order chi connectivity index (χ1) is 15.6. The number of amides is 1. The third-order valence-electron chi connectivity index (χ3n) is 5.11. The van der Waals surface area contributed by atoms with E-state index in [0.717, 1.165) is 26.4 Å². The van der Waals surface area contributed by atoms with Crippen molar-refractivity contribution in [3.05, 3.63) is 70.3 Å². The zero-order chi connectivity index (χ0) is 22.1. The van der Waals surface area contributed by atoms with Crippen molar-refractivity contribution in [3.8, 4) is 9.88 Å². The Bertz CT molecular complexity index is 1320. The average Bonchev–Trinajstić information content (AvgIpc) is 3.53. The van der Waals surface area contributed by atoms with Gasteiger partial charge >= 0.3 is 6.16 Å². The van der Waals surface area contributed by atoms with Crippen molar-refractivity contribution >= 4 is 51.4 Å². The fraction of sp³-hybridized carbons (Fsp3) is 0.174. The molecular formula is C23H19N3O4S2. The van der Waals surface area contributed by atoms with Gasteiger partial charge in [0, 0.05) is 22.8 Å². The van der Waals surface area contributed by atoms with Crippen LogP contribution in [0.25, 0.3) is 26.5 Å². The van der Waals surface area contributed by atoms with E-state index < -0.39 is 6.16 Å². The van der Waals surface area contributed by atoms with Crippen LogP contribution in [0, 0.1) is 0 Å². The minimum atomic E-state index is -0.814. The molecule has 162 valence electrons. The van der Waals surface area contributed by atoms with Gasteiger partial charge in [0.15, 0.2) is 5.76 Å². The maximum Gasteiger partial charge on any atom is 0.513 e. The van der Waals surface area contributed by atoms with Gasteiger partial charge in [-0.05, 0) is 36.4 Å². The summed E-state index contributed by atoms with van der Waals surface area (Å²) >= 11 is 3.01. The van der Waals surface area contributed by atoms with E-state index in [2.05, 4.69) is 9.97 Å². The number of H-pyrrole nitrogens is 1. The SMILES string of the molecule is CCOC(=O)OC1=CN(C(=O)c2csc(-c3cccs3)n2)CCc2c1[nH]c1ccccc21. The smallest absolute Gasteiger partial charge is 0.434 e. The molecule has 0 fully saturated rings. The lowest BCUT2D eigenvalue weighted by molar-refractivity contribution is 0.0805. The maximum atomic E-state index is 13.3. The third kappa shape index (κ3) is 3.80. The number of nitrogens with one attached hydrogen (secondary N) is 1. The molecule has 0 spiro atoms. The number of para-hydroxylation sites is 1. The number of fused-ring (bicyclic) bond motifs is 3. The molecular weight excluding hydrogens is 446 g/mol. The number of thiophene rings is 1. The summed E-state index contributed by atoms with van der Waals surface area (Å²) in [4.78, 5) is 35.8. The van der Waals surface area contributed by atoms with Crippen LogP contribution in [0.1, 0.15) is 28.7 Å². The molecule has 0 saturated heterocycles. The first-order valence-electron chi connectivity index (χ1n) is 10.1. The van der Waals surface area contributed by atoms with Crippen LogP contribution in [0.2, 0.25) is 0 Å². The largest absolute Gasteiger partial charge is 0.513 e. The van der Waals surface area contributed by atoms with Gasteiger partial charge in [0.1, 0.15) is 10.7 Å². The van der Waals surface area contributed by atoms with Crippen molar-refractivity contribution in [1.82, 2.24) is 14.9 Å². The standard InChI is InChI=1S/C23H19N3O4S2/c1-2-29-23(28)30-18-12-26(10-9-15-14-6-3-4-7-16(14)24-20(15)18)22(27)17-13-32-21(25-17)19-8-5-11-31-19/h3-8,11-13,24H,2,9-10H2,1H3. The second kappa shape index (κ2) is 8.60. The summed E-state index contributed by atoms with van der Waals surface area (Å²) in [6.45, 7) is 2.33. The van der Waals surface area contributed by atoms with Crippen LogP contribution in [0.5, 0.6) is 0 Å². The van der Waals surface area contributed by atoms with Gasteiger partial charge in [-0.25, -0.2) is 9.78 Å². The number of thiazole rings is 1. The predicted octanol–water partition coefficient (Wildman–Crippen LogP) is 5.52. The summed E-state index contributed by atoms with van der Waals surface area (Å²) in [7, 11) is 0. The second-order valence-electron chi connectivity index (χ2n) is 7.07. The zero-order valence-corrected chi connectivity index (χ0v) is 18.8. The van der Waals surface area contributed by atoms with Crippen LogP contribution in [0.15, 0.2) is 53.4 Å². The van der Waals surface area contributed by atoms with E-state index in [1.165, 1.54) is 11.3 Å². The van der Waals surface area contributed by atoms with Crippen molar-refractivity contribution in [2.45, 2.75) is 13.3 Å². The zero-order valence-electron chi connectivity index (χ0n) is 17.2. The molecule has 9 heteroatoms. The number of hydrogen-bond donors (Lipinski definition) is 1. The number of ether oxygens (including phenoxy) is 2. The van der Waals surface area contributed by atoms with Gasteiger partial charge < -0.3 is 19.4 Å². The summed E-state index contributed by atoms with van der Waals surface area (Å²) in [5, 5.41) is 5.58. The van der Waals surface area contributed by atoms with E-state index in [1.54, 1.807) is 34.7 Å². The van der Waals surface area contributed by atoms with Crippen LogP contribution in [0.4, 0.5) is 4.79 Å². The normalized spacial score (nSPS) is 13.4. The Morgan fingerprint density at radius 2 is 2.06 bits per heavy atom. The number of aromatic nitrogens is 2. The molecule has 3 aromatic heterocycles. The molecule has 1 amide bonds. The monoisotopic (exact) mass is 465 g/mol. The highest BCUT2D eigenvalue weighted by Crippen LogP contribution is 2.33. The van der Waals surface area contributed by atoms with Crippen LogP contribution >= 0.6 is 22.7 Å². The van der Waals surface area contributed by atoms with E-state index in [-0.39, 0.29) is 18.3 Å². The van der Waals surface area contributed by atoms with Crippen LogP contribution in [-0.2, 0) is 15.9 Å². The fourth-order valence-corrected chi connectivity index (χ4v) is 5.29. The molecule has 0 saturated carbocycles. The van der Waals surface area contributed by atoms with Crippen molar-refractivity contribution < 1.29 is 19.1 Å². The molecule has 0 bridgehead atoms. The molecule has 5 rings (SSSR count). The number of hydrogen-bond acceptors (Lipinski definition) is 7. The first kappa shape index (κ1) is 20.5. The topological polar surface area (TPSA) is 84.5 Å². The lowest BCUT2D eigenvalue weighted by Gasteiger charge is -2.16. The summed E-state index contributed by atoms with van der Waals surface area (Å²) in [5.41, 5.74) is 2.97. The number of rotatable bonds is 4. The van der Waals surface area contributed by atoms with Gasteiger partial charge in [-0.2, -0.15) is 0 Å². The van der Waals surface area contributed by atoms with E-state index in [0.29, 0.717) is 24.4 Å². The molecule has 0 aliphatic carbocycles. The Morgan fingerprint density at radius 3 is 2.88 bits per heavy atom. The summed E-state index contributed by atoms with van der Waals surface area (Å²) < 4.78 is 10.5. The Hall–Kier alpha value is -3.43. The molecule has 4 heterocycles.